The van der Waals surface area contributed by atoms with Crippen molar-refractivity contribution >= 4 is 5.97 Å². The zero-order valence-electron chi connectivity index (χ0n) is 12.1. The molecule has 0 saturated carbocycles. The summed E-state index contributed by atoms with van der Waals surface area (Å²) in [5, 5.41) is 9.33. The van der Waals surface area contributed by atoms with Crippen molar-refractivity contribution in [2.24, 2.45) is 0 Å². The molecule has 0 radical (unpaired) electrons. The van der Waals surface area contributed by atoms with Crippen LogP contribution < -0.4 is 0 Å². The largest absolute Gasteiger partial charge is 0.464 e. The minimum atomic E-state index is -1.20. The van der Waals surface area contributed by atoms with Crippen molar-refractivity contribution < 1.29 is 19.0 Å². The van der Waals surface area contributed by atoms with E-state index in [-0.39, 0.29) is 0 Å². The van der Waals surface area contributed by atoms with E-state index in [1.165, 1.54) is 13.4 Å². The molecule has 0 aromatic rings. The predicted octanol–water partition coefficient (Wildman–Crippen LogP) is 2.45. The summed E-state index contributed by atoms with van der Waals surface area (Å²) in [6, 6.07) is 2.13. The lowest BCUT2D eigenvalue weighted by Gasteiger charge is -2.30. The van der Waals surface area contributed by atoms with Gasteiger partial charge in [-0.15, -0.1) is 0 Å². The molecule has 1 aliphatic heterocycles. The topological polar surface area (TPSA) is 68.5 Å². The number of nitriles is 1. The molecule has 0 spiro atoms. The molecule has 0 saturated heterocycles. The van der Waals surface area contributed by atoms with Gasteiger partial charge in [0.25, 0.3) is 6.29 Å². The van der Waals surface area contributed by atoms with Crippen LogP contribution in [0.1, 0.15) is 12.8 Å². The molecule has 5 heteroatoms. The normalized spacial score (nSPS) is 29.6. The zero-order valence-corrected chi connectivity index (χ0v) is 12.1. The highest BCUT2D eigenvalue weighted by molar-refractivity contribution is 5.73. The van der Waals surface area contributed by atoms with Crippen molar-refractivity contribution in [3.05, 3.63) is 58.9 Å². The van der Waals surface area contributed by atoms with Crippen LogP contribution >= 0.6 is 0 Å². The number of carbonyl (C=O) groups is 1. The fourth-order valence-corrected chi connectivity index (χ4v) is 2.70. The SMILES string of the molecule is COC(=O)C1OC=C2C=CCC/C2=C2\C=CC=C(C#N)C2O1. The lowest BCUT2D eigenvalue weighted by Crippen LogP contribution is -2.35. The molecule has 1 heterocycles. The molecule has 5 nitrogen and oxygen atoms in total. The van der Waals surface area contributed by atoms with Gasteiger partial charge in [-0.3, -0.25) is 0 Å². The monoisotopic (exact) mass is 297 g/mol. The number of carbonyl (C=O) groups excluding carboxylic acids is 1. The summed E-state index contributed by atoms with van der Waals surface area (Å²) in [4.78, 5) is 11.8. The first-order valence-corrected chi connectivity index (χ1v) is 7.02. The van der Waals surface area contributed by atoms with E-state index < -0.39 is 18.4 Å². The third-order valence-corrected chi connectivity index (χ3v) is 3.77. The summed E-state index contributed by atoms with van der Waals surface area (Å²) in [5.41, 5.74) is 3.31. The van der Waals surface area contributed by atoms with Crippen LogP contribution in [-0.2, 0) is 19.0 Å². The van der Waals surface area contributed by atoms with Gasteiger partial charge >= 0.3 is 5.97 Å². The van der Waals surface area contributed by atoms with Crippen LogP contribution in [0.4, 0.5) is 0 Å². The van der Waals surface area contributed by atoms with Gasteiger partial charge in [-0.2, -0.15) is 5.26 Å². The Hall–Kier alpha value is -2.58. The second-order valence-corrected chi connectivity index (χ2v) is 5.05. The Morgan fingerprint density at radius 1 is 1.45 bits per heavy atom. The van der Waals surface area contributed by atoms with Crippen LogP contribution in [0.2, 0.25) is 0 Å². The minimum Gasteiger partial charge on any atom is -0.464 e. The third-order valence-electron chi connectivity index (χ3n) is 3.77. The Labute approximate surface area is 128 Å². The number of ether oxygens (including phenoxy) is 3. The van der Waals surface area contributed by atoms with Crippen molar-refractivity contribution in [3.63, 3.8) is 0 Å². The number of nitrogens with zero attached hydrogens (tertiary/aromatic N) is 1. The Morgan fingerprint density at radius 2 is 2.32 bits per heavy atom. The van der Waals surface area contributed by atoms with E-state index in [4.69, 9.17) is 14.2 Å². The number of esters is 1. The molecule has 3 rings (SSSR count). The maximum atomic E-state index is 11.8. The Morgan fingerprint density at radius 3 is 3.09 bits per heavy atom. The summed E-state index contributed by atoms with van der Waals surface area (Å²) in [6.07, 6.45) is 10.9. The summed E-state index contributed by atoms with van der Waals surface area (Å²) < 4.78 is 15.9. The molecule has 0 aromatic heterocycles. The van der Waals surface area contributed by atoms with Crippen molar-refractivity contribution in [1.82, 2.24) is 0 Å². The second kappa shape index (κ2) is 6.04. The number of hydrogen-bond acceptors (Lipinski definition) is 5. The molecule has 0 fully saturated rings. The maximum absolute atomic E-state index is 11.8. The van der Waals surface area contributed by atoms with Crippen molar-refractivity contribution in [3.8, 4) is 6.07 Å². The molecule has 2 atom stereocenters. The summed E-state index contributed by atoms with van der Waals surface area (Å²) in [7, 11) is 1.27. The van der Waals surface area contributed by atoms with Crippen LogP contribution in [-0.4, -0.2) is 25.5 Å². The van der Waals surface area contributed by atoms with Gasteiger partial charge < -0.3 is 14.2 Å². The van der Waals surface area contributed by atoms with Gasteiger partial charge in [0.2, 0.25) is 0 Å². The molecular formula is C17H15NO4. The third kappa shape index (κ3) is 2.49. The lowest BCUT2D eigenvalue weighted by atomic mass is 9.85. The van der Waals surface area contributed by atoms with Crippen LogP contribution in [0.25, 0.3) is 0 Å². The quantitative estimate of drug-likeness (QED) is 0.695. The highest BCUT2D eigenvalue weighted by Crippen LogP contribution is 2.35. The first-order chi connectivity index (χ1) is 10.7. The van der Waals surface area contributed by atoms with E-state index in [0.717, 1.165) is 29.6 Å². The average Bonchev–Trinajstić information content (AvgIpc) is 2.56. The summed E-state index contributed by atoms with van der Waals surface area (Å²) in [6.45, 7) is 0. The Balaban J connectivity index is 2.09. The minimum absolute atomic E-state index is 0.443. The van der Waals surface area contributed by atoms with E-state index in [0.29, 0.717) is 5.57 Å². The number of fused-ring (bicyclic) bond motifs is 2. The molecule has 2 unspecified atom stereocenters. The Bertz CT molecular complexity index is 688. The fraction of sp³-hybridized carbons (Fsp3) is 0.294. The van der Waals surface area contributed by atoms with E-state index in [2.05, 4.69) is 12.1 Å². The van der Waals surface area contributed by atoms with Gasteiger partial charge in [0, 0.05) is 5.57 Å². The number of rotatable bonds is 1. The molecule has 0 bridgehead atoms. The predicted molar refractivity (Wildman–Crippen MR) is 78.1 cm³/mol. The van der Waals surface area contributed by atoms with Crippen molar-refractivity contribution in [1.29, 1.82) is 5.26 Å². The molecular weight excluding hydrogens is 282 g/mol. The van der Waals surface area contributed by atoms with Gasteiger partial charge in [0.05, 0.1) is 25.0 Å². The maximum Gasteiger partial charge on any atom is 0.376 e. The molecule has 3 aliphatic rings. The van der Waals surface area contributed by atoms with Gasteiger partial charge in [0.15, 0.2) is 0 Å². The highest BCUT2D eigenvalue weighted by Gasteiger charge is 2.33. The smallest absolute Gasteiger partial charge is 0.376 e. The molecule has 112 valence electrons. The lowest BCUT2D eigenvalue weighted by molar-refractivity contribution is -0.185. The molecule has 22 heavy (non-hydrogen) atoms. The van der Waals surface area contributed by atoms with E-state index in [1.54, 1.807) is 6.08 Å². The first-order valence-electron chi connectivity index (χ1n) is 7.02. The number of methoxy groups -OCH3 is 1. The molecule has 0 aromatic carbocycles. The summed E-state index contributed by atoms with van der Waals surface area (Å²) >= 11 is 0. The zero-order chi connectivity index (χ0) is 15.5. The molecule has 0 N–H and O–H groups in total. The highest BCUT2D eigenvalue weighted by atomic mass is 16.7. The Kier molecular flexibility index (Phi) is 3.94. The average molecular weight is 297 g/mol. The fourth-order valence-electron chi connectivity index (χ4n) is 2.70. The molecule has 0 amide bonds. The van der Waals surface area contributed by atoms with Crippen molar-refractivity contribution in [2.75, 3.05) is 7.11 Å². The van der Waals surface area contributed by atoms with Gasteiger partial charge in [-0.05, 0) is 30.1 Å². The van der Waals surface area contributed by atoms with E-state index >= 15 is 0 Å². The van der Waals surface area contributed by atoms with Gasteiger partial charge in [-0.1, -0.05) is 24.3 Å². The van der Waals surface area contributed by atoms with E-state index in [9.17, 15) is 10.1 Å². The first kappa shape index (κ1) is 14.4. The second-order valence-electron chi connectivity index (χ2n) is 5.05. The summed E-state index contributed by atoms with van der Waals surface area (Å²) in [5.74, 6) is -0.633. The van der Waals surface area contributed by atoms with E-state index in [1.807, 2.05) is 18.2 Å². The molecule has 2 aliphatic carbocycles. The van der Waals surface area contributed by atoms with Crippen LogP contribution in [0.3, 0.4) is 0 Å². The van der Waals surface area contributed by atoms with Crippen molar-refractivity contribution in [2.45, 2.75) is 25.2 Å². The van der Waals surface area contributed by atoms with Crippen LogP contribution in [0.15, 0.2) is 58.9 Å². The number of allylic oxidation sites excluding steroid dienone is 6. The van der Waals surface area contributed by atoms with Gasteiger partial charge in [0.1, 0.15) is 6.10 Å². The standard InChI is InChI=1S/C17H15NO4/c1-20-16(19)17-21-10-12-5-2-3-7-13(12)14-8-4-6-11(9-18)15(14)22-17/h2,4-6,8,10,15,17H,3,7H2,1H3/b12-10?,14-13-. The van der Waals surface area contributed by atoms with Gasteiger partial charge in [-0.25, -0.2) is 4.79 Å². The van der Waals surface area contributed by atoms with Crippen LogP contribution in [0.5, 0.6) is 0 Å². The van der Waals surface area contributed by atoms with Crippen LogP contribution in [0, 0.1) is 11.3 Å². The number of hydrogen-bond donors (Lipinski definition) is 0.